The first-order chi connectivity index (χ1) is 9.30. The molecule has 0 fully saturated rings. The van der Waals surface area contributed by atoms with Gasteiger partial charge in [0, 0.05) is 11.1 Å². The van der Waals surface area contributed by atoms with E-state index in [1.807, 2.05) is 12.3 Å². The highest BCUT2D eigenvalue weighted by atomic mass is 32.2. The topological polar surface area (TPSA) is 89.3 Å². The number of nitrogens with two attached hydrogens (primary N) is 1. The van der Waals surface area contributed by atoms with Crippen LogP contribution in [0.4, 0.5) is 5.69 Å². The number of benzene rings is 1. The van der Waals surface area contributed by atoms with Crippen LogP contribution in [-0.4, -0.2) is 14.3 Å². The first kappa shape index (κ1) is 14.7. The fourth-order valence-electron chi connectivity index (χ4n) is 1.84. The SMILES string of the molecule is Cc1cscc1C(=O)Nc1cccc(S(N)(=O)=O)c1C. The highest BCUT2D eigenvalue weighted by molar-refractivity contribution is 7.89. The van der Waals surface area contributed by atoms with Crippen molar-refractivity contribution >= 4 is 33.0 Å². The summed E-state index contributed by atoms with van der Waals surface area (Å²) < 4.78 is 22.9. The monoisotopic (exact) mass is 310 g/mol. The van der Waals surface area contributed by atoms with E-state index in [9.17, 15) is 13.2 Å². The van der Waals surface area contributed by atoms with Crippen molar-refractivity contribution in [1.82, 2.24) is 0 Å². The molecule has 106 valence electrons. The smallest absolute Gasteiger partial charge is 0.256 e. The van der Waals surface area contributed by atoms with Crippen LogP contribution in [0.1, 0.15) is 21.5 Å². The molecule has 2 aromatic rings. The van der Waals surface area contributed by atoms with Gasteiger partial charge in [0.1, 0.15) is 0 Å². The summed E-state index contributed by atoms with van der Waals surface area (Å²) in [7, 11) is -3.80. The van der Waals surface area contributed by atoms with Gasteiger partial charge in [-0.15, -0.1) is 0 Å². The molecular weight excluding hydrogens is 296 g/mol. The number of hydrogen-bond donors (Lipinski definition) is 2. The maximum Gasteiger partial charge on any atom is 0.256 e. The van der Waals surface area contributed by atoms with Crippen LogP contribution in [0.25, 0.3) is 0 Å². The van der Waals surface area contributed by atoms with Crippen molar-refractivity contribution in [2.75, 3.05) is 5.32 Å². The molecular formula is C13H14N2O3S2. The lowest BCUT2D eigenvalue weighted by Crippen LogP contribution is -2.17. The zero-order chi connectivity index (χ0) is 14.9. The molecule has 5 nitrogen and oxygen atoms in total. The second-order valence-electron chi connectivity index (χ2n) is 4.40. The van der Waals surface area contributed by atoms with Gasteiger partial charge in [-0.3, -0.25) is 4.79 Å². The van der Waals surface area contributed by atoms with Crippen molar-refractivity contribution in [3.8, 4) is 0 Å². The number of hydrogen-bond acceptors (Lipinski definition) is 4. The summed E-state index contributed by atoms with van der Waals surface area (Å²) in [5.41, 5.74) is 2.33. The Kier molecular flexibility index (Phi) is 3.94. The molecule has 20 heavy (non-hydrogen) atoms. The molecule has 1 aromatic carbocycles. The van der Waals surface area contributed by atoms with Crippen LogP contribution in [0.2, 0.25) is 0 Å². The van der Waals surface area contributed by atoms with Gasteiger partial charge >= 0.3 is 0 Å². The van der Waals surface area contributed by atoms with Crippen LogP contribution >= 0.6 is 11.3 Å². The molecule has 0 bridgehead atoms. The minimum absolute atomic E-state index is 0.0114. The third-order valence-corrected chi connectivity index (χ3v) is 4.86. The van der Waals surface area contributed by atoms with Gasteiger partial charge in [0.05, 0.1) is 10.5 Å². The number of primary sulfonamides is 1. The molecule has 0 aliphatic rings. The average molecular weight is 310 g/mol. The molecule has 0 saturated carbocycles. The second kappa shape index (κ2) is 5.35. The molecule has 7 heteroatoms. The van der Waals surface area contributed by atoms with E-state index in [1.54, 1.807) is 24.4 Å². The van der Waals surface area contributed by atoms with Crippen LogP contribution in [0.3, 0.4) is 0 Å². The molecule has 1 aromatic heterocycles. The summed E-state index contributed by atoms with van der Waals surface area (Å²) in [4.78, 5) is 12.1. The normalized spacial score (nSPS) is 11.3. The van der Waals surface area contributed by atoms with E-state index in [4.69, 9.17) is 5.14 Å². The highest BCUT2D eigenvalue weighted by Gasteiger charge is 2.16. The molecule has 0 aliphatic heterocycles. The Bertz CT molecular complexity index is 764. The van der Waals surface area contributed by atoms with Gasteiger partial charge < -0.3 is 5.32 Å². The number of carbonyl (C=O) groups excluding carboxylic acids is 1. The van der Waals surface area contributed by atoms with E-state index in [2.05, 4.69) is 5.32 Å². The lowest BCUT2D eigenvalue weighted by molar-refractivity contribution is 0.102. The number of amides is 1. The molecule has 0 spiro atoms. The molecule has 1 heterocycles. The predicted molar refractivity (Wildman–Crippen MR) is 79.6 cm³/mol. The van der Waals surface area contributed by atoms with Crippen molar-refractivity contribution < 1.29 is 13.2 Å². The third kappa shape index (κ3) is 2.90. The maximum atomic E-state index is 12.1. The summed E-state index contributed by atoms with van der Waals surface area (Å²) >= 11 is 1.44. The number of anilines is 1. The molecule has 0 radical (unpaired) electrons. The number of thiophene rings is 1. The average Bonchev–Trinajstić information content (AvgIpc) is 2.76. The lowest BCUT2D eigenvalue weighted by atomic mass is 10.1. The van der Waals surface area contributed by atoms with Crippen LogP contribution in [-0.2, 0) is 10.0 Å². The van der Waals surface area contributed by atoms with E-state index in [1.165, 1.54) is 17.4 Å². The van der Waals surface area contributed by atoms with Crippen LogP contribution in [0, 0.1) is 13.8 Å². The quantitative estimate of drug-likeness (QED) is 0.911. The first-order valence-corrected chi connectivity index (χ1v) is 8.26. The van der Waals surface area contributed by atoms with Gasteiger partial charge in [-0.25, -0.2) is 13.6 Å². The molecule has 2 rings (SSSR count). The molecule has 0 unspecified atom stereocenters. The Morgan fingerprint density at radius 1 is 1.25 bits per heavy atom. The Labute approximate surface area is 121 Å². The van der Waals surface area contributed by atoms with Gasteiger partial charge in [0.15, 0.2) is 0 Å². The summed E-state index contributed by atoms with van der Waals surface area (Å²) in [6, 6.07) is 4.60. The summed E-state index contributed by atoms with van der Waals surface area (Å²) in [6.45, 7) is 3.45. The van der Waals surface area contributed by atoms with Gasteiger partial charge in [-0.1, -0.05) is 6.07 Å². The molecule has 3 N–H and O–H groups in total. The number of rotatable bonds is 3. The summed E-state index contributed by atoms with van der Waals surface area (Å²) in [6.07, 6.45) is 0. The predicted octanol–water partition coefficient (Wildman–Crippen LogP) is 2.26. The van der Waals surface area contributed by atoms with Gasteiger partial charge in [0.2, 0.25) is 10.0 Å². The number of sulfonamides is 1. The Morgan fingerprint density at radius 2 is 1.95 bits per heavy atom. The minimum atomic E-state index is -3.80. The van der Waals surface area contributed by atoms with E-state index in [0.29, 0.717) is 16.8 Å². The summed E-state index contributed by atoms with van der Waals surface area (Å²) in [5, 5.41) is 11.5. The van der Waals surface area contributed by atoms with Crippen LogP contribution in [0.5, 0.6) is 0 Å². The largest absolute Gasteiger partial charge is 0.322 e. The van der Waals surface area contributed by atoms with Crippen molar-refractivity contribution in [2.24, 2.45) is 5.14 Å². The number of aryl methyl sites for hydroxylation is 1. The van der Waals surface area contributed by atoms with Crippen molar-refractivity contribution in [2.45, 2.75) is 18.7 Å². The van der Waals surface area contributed by atoms with Crippen LogP contribution in [0.15, 0.2) is 33.9 Å². The zero-order valence-corrected chi connectivity index (χ0v) is 12.6. The van der Waals surface area contributed by atoms with E-state index in [0.717, 1.165) is 5.56 Å². The van der Waals surface area contributed by atoms with Crippen molar-refractivity contribution in [3.05, 3.63) is 45.6 Å². The Morgan fingerprint density at radius 3 is 2.50 bits per heavy atom. The summed E-state index contributed by atoms with van der Waals surface area (Å²) in [5.74, 6) is -0.265. The highest BCUT2D eigenvalue weighted by Crippen LogP contribution is 2.23. The fraction of sp³-hybridized carbons (Fsp3) is 0.154. The van der Waals surface area contributed by atoms with E-state index in [-0.39, 0.29) is 10.8 Å². The lowest BCUT2D eigenvalue weighted by Gasteiger charge is -2.11. The van der Waals surface area contributed by atoms with E-state index >= 15 is 0 Å². The maximum absolute atomic E-state index is 12.1. The molecule has 0 saturated heterocycles. The second-order valence-corrected chi connectivity index (χ2v) is 6.67. The van der Waals surface area contributed by atoms with E-state index < -0.39 is 10.0 Å². The van der Waals surface area contributed by atoms with Crippen LogP contribution < -0.4 is 10.5 Å². The minimum Gasteiger partial charge on any atom is -0.322 e. The Balaban J connectivity index is 2.36. The van der Waals surface area contributed by atoms with Crippen molar-refractivity contribution in [1.29, 1.82) is 0 Å². The standard InChI is InChI=1S/C13H14N2O3S2/c1-8-6-19-7-10(8)13(16)15-11-4-3-5-12(9(11)2)20(14,17)18/h3-7H,1-2H3,(H,15,16)(H2,14,17,18). The Hall–Kier alpha value is -1.70. The molecule has 1 amide bonds. The van der Waals surface area contributed by atoms with Gasteiger partial charge in [0.25, 0.3) is 5.91 Å². The van der Waals surface area contributed by atoms with Gasteiger partial charge in [-0.2, -0.15) is 11.3 Å². The van der Waals surface area contributed by atoms with Gasteiger partial charge in [-0.05, 0) is 42.5 Å². The number of carbonyl (C=O) groups is 1. The zero-order valence-electron chi connectivity index (χ0n) is 11.0. The first-order valence-electron chi connectivity index (χ1n) is 5.77. The molecule has 0 atom stereocenters. The third-order valence-electron chi connectivity index (χ3n) is 2.94. The molecule has 0 aliphatic carbocycles. The number of nitrogens with one attached hydrogen (secondary N) is 1. The fourth-order valence-corrected chi connectivity index (χ4v) is 3.47. The van der Waals surface area contributed by atoms with Crippen molar-refractivity contribution in [3.63, 3.8) is 0 Å².